The average molecular weight is 210 g/mol. The summed E-state index contributed by atoms with van der Waals surface area (Å²) >= 11 is 0. The van der Waals surface area contributed by atoms with Crippen molar-refractivity contribution >= 4 is 0 Å². The number of halogens is 1. The van der Waals surface area contributed by atoms with Crippen molar-refractivity contribution in [2.24, 2.45) is 5.73 Å². The maximum absolute atomic E-state index is 13.0. The number of nitrogens with two attached hydrogens (primary N) is 1. The molecule has 0 bridgehead atoms. The van der Waals surface area contributed by atoms with Crippen LogP contribution in [0.1, 0.15) is 25.0 Å². The molecule has 0 spiro atoms. The van der Waals surface area contributed by atoms with Crippen LogP contribution < -0.4 is 5.73 Å². The Balaban J connectivity index is 2.83. The number of benzene rings is 1. The summed E-state index contributed by atoms with van der Waals surface area (Å²) in [5.41, 5.74) is 7.62. The van der Waals surface area contributed by atoms with Crippen LogP contribution in [0.3, 0.4) is 0 Å². The Bertz CT molecular complexity index is 308. The highest BCUT2D eigenvalue weighted by Gasteiger charge is 2.06. The van der Waals surface area contributed by atoms with Crippen LogP contribution in [0, 0.1) is 5.82 Å². The maximum atomic E-state index is 13.0. The third kappa shape index (κ3) is 3.29. The lowest BCUT2D eigenvalue weighted by Crippen LogP contribution is -2.23. The molecule has 1 rings (SSSR count). The second-order valence-electron chi connectivity index (χ2n) is 3.58. The van der Waals surface area contributed by atoms with Crippen LogP contribution >= 0.6 is 0 Å². The third-order valence-corrected chi connectivity index (χ3v) is 2.68. The zero-order valence-corrected chi connectivity index (χ0v) is 9.46. The molecule has 0 saturated heterocycles. The van der Waals surface area contributed by atoms with Crippen molar-refractivity contribution in [1.29, 1.82) is 0 Å². The van der Waals surface area contributed by atoms with Crippen molar-refractivity contribution in [2.45, 2.75) is 26.9 Å². The van der Waals surface area contributed by atoms with E-state index in [1.165, 1.54) is 12.1 Å². The van der Waals surface area contributed by atoms with E-state index >= 15 is 0 Å². The molecule has 0 aliphatic heterocycles. The number of rotatable bonds is 5. The van der Waals surface area contributed by atoms with Crippen LogP contribution in [0.4, 0.5) is 4.39 Å². The monoisotopic (exact) mass is 210 g/mol. The number of hydrogen-bond acceptors (Lipinski definition) is 2. The molecule has 0 heterocycles. The van der Waals surface area contributed by atoms with Gasteiger partial charge in [-0.25, -0.2) is 4.39 Å². The van der Waals surface area contributed by atoms with Gasteiger partial charge in [0.15, 0.2) is 0 Å². The van der Waals surface area contributed by atoms with Crippen molar-refractivity contribution in [1.82, 2.24) is 4.90 Å². The van der Waals surface area contributed by atoms with Crippen molar-refractivity contribution in [3.63, 3.8) is 0 Å². The highest BCUT2D eigenvalue weighted by molar-refractivity contribution is 5.27. The fourth-order valence-corrected chi connectivity index (χ4v) is 1.63. The molecule has 1 aromatic rings. The maximum Gasteiger partial charge on any atom is 0.123 e. The van der Waals surface area contributed by atoms with Gasteiger partial charge >= 0.3 is 0 Å². The first-order valence-electron chi connectivity index (χ1n) is 5.41. The molecule has 0 aromatic heterocycles. The van der Waals surface area contributed by atoms with E-state index in [9.17, 15) is 4.39 Å². The van der Waals surface area contributed by atoms with Gasteiger partial charge in [0.05, 0.1) is 0 Å². The highest BCUT2D eigenvalue weighted by atomic mass is 19.1. The first kappa shape index (κ1) is 12.1. The first-order valence-corrected chi connectivity index (χ1v) is 5.41. The molecule has 0 amide bonds. The van der Waals surface area contributed by atoms with Gasteiger partial charge in [-0.3, -0.25) is 4.90 Å². The van der Waals surface area contributed by atoms with Crippen LogP contribution in [0.15, 0.2) is 18.2 Å². The Kier molecular flexibility index (Phi) is 4.72. The molecule has 0 atom stereocenters. The fourth-order valence-electron chi connectivity index (χ4n) is 1.63. The Labute approximate surface area is 90.9 Å². The third-order valence-electron chi connectivity index (χ3n) is 2.68. The molecular weight excluding hydrogens is 191 g/mol. The Morgan fingerprint density at radius 2 is 1.87 bits per heavy atom. The fraction of sp³-hybridized carbons (Fsp3) is 0.500. The Morgan fingerprint density at radius 3 is 2.40 bits per heavy atom. The van der Waals surface area contributed by atoms with E-state index in [4.69, 9.17) is 5.73 Å². The molecule has 2 N–H and O–H groups in total. The minimum Gasteiger partial charge on any atom is -0.326 e. The highest BCUT2D eigenvalue weighted by Crippen LogP contribution is 2.13. The molecular formula is C12H19FN2. The van der Waals surface area contributed by atoms with Gasteiger partial charge in [-0.05, 0) is 36.3 Å². The quantitative estimate of drug-likeness (QED) is 0.806. The molecule has 0 aliphatic rings. The Hall–Kier alpha value is -0.930. The summed E-state index contributed by atoms with van der Waals surface area (Å²) in [5.74, 6) is -0.209. The smallest absolute Gasteiger partial charge is 0.123 e. The van der Waals surface area contributed by atoms with Gasteiger partial charge < -0.3 is 5.73 Å². The second-order valence-corrected chi connectivity index (χ2v) is 3.58. The van der Waals surface area contributed by atoms with Crippen LogP contribution in [-0.4, -0.2) is 18.0 Å². The molecule has 0 aliphatic carbocycles. The summed E-state index contributed by atoms with van der Waals surface area (Å²) in [6.07, 6.45) is 0. The standard InChI is InChI=1S/C12H19FN2/c1-3-15(4-2)9-10-5-6-12(13)7-11(10)8-14/h5-7H,3-4,8-9,14H2,1-2H3. The SMILES string of the molecule is CCN(CC)Cc1ccc(F)cc1CN. The summed E-state index contributed by atoms with van der Waals surface area (Å²) in [4.78, 5) is 2.28. The predicted molar refractivity (Wildman–Crippen MR) is 60.9 cm³/mol. The molecule has 15 heavy (non-hydrogen) atoms. The van der Waals surface area contributed by atoms with E-state index in [0.717, 1.165) is 30.8 Å². The van der Waals surface area contributed by atoms with E-state index < -0.39 is 0 Å². The summed E-state index contributed by atoms with van der Waals surface area (Å²) in [6, 6.07) is 4.85. The normalized spacial score (nSPS) is 11.0. The summed E-state index contributed by atoms with van der Waals surface area (Å²) in [5, 5.41) is 0. The zero-order valence-electron chi connectivity index (χ0n) is 9.46. The lowest BCUT2D eigenvalue weighted by Gasteiger charge is -2.19. The molecule has 1 aromatic carbocycles. The van der Waals surface area contributed by atoms with E-state index in [0.29, 0.717) is 6.54 Å². The first-order chi connectivity index (χ1) is 7.21. The lowest BCUT2D eigenvalue weighted by molar-refractivity contribution is 0.295. The predicted octanol–water partition coefficient (Wildman–Crippen LogP) is 2.13. The van der Waals surface area contributed by atoms with Gasteiger partial charge in [0.1, 0.15) is 5.82 Å². The van der Waals surface area contributed by atoms with Crippen molar-refractivity contribution in [3.05, 3.63) is 35.1 Å². The molecule has 84 valence electrons. The number of hydrogen-bond donors (Lipinski definition) is 1. The second kappa shape index (κ2) is 5.83. The van der Waals surface area contributed by atoms with E-state index in [2.05, 4.69) is 18.7 Å². The molecule has 3 heteroatoms. The van der Waals surface area contributed by atoms with E-state index in [1.54, 1.807) is 0 Å². The lowest BCUT2D eigenvalue weighted by atomic mass is 10.1. The summed E-state index contributed by atoms with van der Waals surface area (Å²) in [6.45, 7) is 7.48. The molecule has 0 saturated carbocycles. The molecule has 0 fully saturated rings. The van der Waals surface area contributed by atoms with Crippen LogP contribution in [0.5, 0.6) is 0 Å². The minimum atomic E-state index is -0.209. The minimum absolute atomic E-state index is 0.209. The largest absolute Gasteiger partial charge is 0.326 e. The van der Waals surface area contributed by atoms with Crippen molar-refractivity contribution < 1.29 is 4.39 Å². The van der Waals surface area contributed by atoms with Crippen molar-refractivity contribution in [2.75, 3.05) is 13.1 Å². The van der Waals surface area contributed by atoms with Gasteiger partial charge in [0.25, 0.3) is 0 Å². The van der Waals surface area contributed by atoms with Crippen LogP contribution in [0.25, 0.3) is 0 Å². The van der Waals surface area contributed by atoms with Crippen molar-refractivity contribution in [3.8, 4) is 0 Å². The van der Waals surface area contributed by atoms with Crippen LogP contribution in [0.2, 0.25) is 0 Å². The summed E-state index contributed by atoms with van der Waals surface area (Å²) in [7, 11) is 0. The van der Waals surface area contributed by atoms with Gasteiger partial charge in [-0.15, -0.1) is 0 Å². The molecule has 0 unspecified atom stereocenters. The number of nitrogens with zero attached hydrogens (tertiary/aromatic N) is 1. The average Bonchev–Trinajstić information content (AvgIpc) is 2.27. The van der Waals surface area contributed by atoms with Gasteiger partial charge in [0.2, 0.25) is 0 Å². The molecule has 2 nitrogen and oxygen atoms in total. The summed E-state index contributed by atoms with van der Waals surface area (Å²) < 4.78 is 13.0. The Morgan fingerprint density at radius 1 is 1.20 bits per heavy atom. The van der Waals surface area contributed by atoms with E-state index in [-0.39, 0.29) is 5.82 Å². The van der Waals surface area contributed by atoms with Gasteiger partial charge in [-0.1, -0.05) is 19.9 Å². The molecule has 0 radical (unpaired) electrons. The topological polar surface area (TPSA) is 29.3 Å². The van der Waals surface area contributed by atoms with Crippen LogP contribution in [-0.2, 0) is 13.1 Å². The van der Waals surface area contributed by atoms with Gasteiger partial charge in [0, 0.05) is 13.1 Å². The van der Waals surface area contributed by atoms with Gasteiger partial charge in [-0.2, -0.15) is 0 Å². The zero-order chi connectivity index (χ0) is 11.3. The van der Waals surface area contributed by atoms with E-state index in [1.807, 2.05) is 6.07 Å².